The third-order valence-corrected chi connectivity index (χ3v) is 3.22. The summed E-state index contributed by atoms with van der Waals surface area (Å²) in [6.45, 7) is 4.11. The lowest BCUT2D eigenvalue weighted by Gasteiger charge is -2.02. The molecule has 0 bridgehead atoms. The normalized spacial score (nSPS) is 10.3. The first-order valence-corrected chi connectivity index (χ1v) is 5.51. The molecule has 0 fully saturated rings. The van der Waals surface area contributed by atoms with E-state index in [0.717, 1.165) is 16.9 Å². The predicted molar refractivity (Wildman–Crippen MR) is 62.4 cm³/mol. The van der Waals surface area contributed by atoms with Crippen LogP contribution in [0.5, 0.6) is 0 Å². The number of aldehydes is 1. The summed E-state index contributed by atoms with van der Waals surface area (Å²) in [6.07, 6.45) is 2.46. The van der Waals surface area contributed by atoms with Gasteiger partial charge in [-0.25, -0.2) is 4.98 Å². The lowest BCUT2D eigenvalue weighted by molar-refractivity contribution is 0.112. The van der Waals surface area contributed by atoms with E-state index in [1.807, 2.05) is 0 Å². The van der Waals surface area contributed by atoms with Crippen molar-refractivity contribution >= 4 is 17.6 Å². The van der Waals surface area contributed by atoms with E-state index in [1.54, 1.807) is 6.20 Å². The monoisotopic (exact) mass is 217 g/mol. The first-order chi connectivity index (χ1) is 7.20. The Morgan fingerprint density at radius 1 is 1.33 bits per heavy atom. The highest BCUT2D eigenvalue weighted by molar-refractivity contribution is 7.16. The van der Waals surface area contributed by atoms with Gasteiger partial charge in [0.05, 0.1) is 4.88 Å². The summed E-state index contributed by atoms with van der Waals surface area (Å²) in [6, 6.07) is 6.25. The van der Waals surface area contributed by atoms with Crippen LogP contribution in [0.1, 0.15) is 20.8 Å². The van der Waals surface area contributed by atoms with E-state index < -0.39 is 0 Å². The van der Waals surface area contributed by atoms with E-state index in [9.17, 15) is 4.79 Å². The van der Waals surface area contributed by atoms with E-state index in [-0.39, 0.29) is 0 Å². The van der Waals surface area contributed by atoms with Gasteiger partial charge >= 0.3 is 0 Å². The quantitative estimate of drug-likeness (QED) is 0.723. The molecular formula is C12H11NOS. The highest BCUT2D eigenvalue weighted by atomic mass is 32.1. The lowest BCUT2D eigenvalue weighted by Crippen LogP contribution is -1.83. The number of hydrogen-bond acceptors (Lipinski definition) is 3. The average molecular weight is 217 g/mol. The second kappa shape index (κ2) is 3.95. The third kappa shape index (κ3) is 1.97. The van der Waals surface area contributed by atoms with E-state index >= 15 is 0 Å². The maximum absolute atomic E-state index is 10.6. The molecule has 1 aromatic carbocycles. The molecule has 0 spiro atoms. The Balaban J connectivity index is 2.52. The Bertz CT molecular complexity index is 502. The number of hydrogen-bond donors (Lipinski definition) is 0. The molecule has 0 aliphatic carbocycles. The third-order valence-electron chi connectivity index (χ3n) is 2.26. The van der Waals surface area contributed by atoms with Gasteiger partial charge in [0.1, 0.15) is 5.01 Å². The van der Waals surface area contributed by atoms with Crippen molar-refractivity contribution in [2.75, 3.05) is 0 Å². The van der Waals surface area contributed by atoms with Crippen molar-refractivity contribution in [3.05, 3.63) is 40.4 Å². The minimum atomic E-state index is 0.672. The molecule has 0 radical (unpaired) electrons. The van der Waals surface area contributed by atoms with Gasteiger partial charge in [-0.3, -0.25) is 4.79 Å². The SMILES string of the molecule is Cc1ccc(C)c(-c2ncc(C=O)s2)c1. The van der Waals surface area contributed by atoms with Gasteiger partial charge in [0.15, 0.2) is 6.29 Å². The molecule has 0 aliphatic rings. The van der Waals surface area contributed by atoms with Gasteiger partial charge < -0.3 is 0 Å². The number of carbonyl (C=O) groups excluding carboxylic acids is 1. The fourth-order valence-electron chi connectivity index (χ4n) is 1.43. The molecule has 0 aliphatic heterocycles. The molecular weight excluding hydrogens is 206 g/mol. The lowest BCUT2D eigenvalue weighted by atomic mass is 10.1. The van der Waals surface area contributed by atoms with Crippen molar-refractivity contribution in [1.29, 1.82) is 0 Å². The van der Waals surface area contributed by atoms with Crippen molar-refractivity contribution in [1.82, 2.24) is 4.98 Å². The standard InChI is InChI=1S/C12H11NOS/c1-8-3-4-9(2)11(5-8)12-13-6-10(7-14)15-12/h3-7H,1-2H3. The fraction of sp³-hybridized carbons (Fsp3) is 0.167. The zero-order valence-electron chi connectivity index (χ0n) is 8.65. The van der Waals surface area contributed by atoms with Crippen molar-refractivity contribution in [3.8, 4) is 10.6 Å². The van der Waals surface area contributed by atoms with Gasteiger partial charge in [0, 0.05) is 11.8 Å². The molecule has 2 aromatic rings. The molecule has 0 unspecified atom stereocenters. The zero-order valence-corrected chi connectivity index (χ0v) is 9.47. The molecule has 3 heteroatoms. The smallest absolute Gasteiger partial charge is 0.161 e. The fourth-order valence-corrected chi connectivity index (χ4v) is 2.24. The molecule has 2 nitrogen and oxygen atoms in total. The van der Waals surface area contributed by atoms with Gasteiger partial charge in [-0.1, -0.05) is 17.7 Å². The first kappa shape index (κ1) is 10.1. The van der Waals surface area contributed by atoms with Crippen LogP contribution in [0.25, 0.3) is 10.6 Å². The molecule has 1 heterocycles. The molecule has 0 saturated carbocycles. The second-order valence-corrected chi connectivity index (χ2v) is 4.57. The highest BCUT2D eigenvalue weighted by Crippen LogP contribution is 2.27. The Hall–Kier alpha value is -1.48. The largest absolute Gasteiger partial charge is 0.297 e. The van der Waals surface area contributed by atoms with Crippen LogP contribution in [0.2, 0.25) is 0 Å². The zero-order chi connectivity index (χ0) is 10.8. The summed E-state index contributed by atoms with van der Waals surface area (Å²) in [5.41, 5.74) is 3.51. The second-order valence-electron chi connectivity index (χ2n) is 3.50. The summed E-state index contributed by atoms with van der Waals surface area (Å²) in [5.74, 6) is 0. The summed E-state index contributed by atoms with van der Waals surface area (Å²) in [4.78, 5) is 15.5. The van der Waals surface area contributed by atoms with Crippen LogP contribution in [0.3, 0.4) is 0 Å². The summed E-state index contributed by atoms with van der Waals surface area (Å²) >= 11 is 1.43. The minimum absolute atomic E-state index is 0.672. The summed E-state index contributed by atoms with van der Waals surface area (Å²) < 4.78 is 0. The van der Waals surface area contributed by atoms with E-state index in [1.165, 1.54) is 22.5 Å². The number of aromatic nitrogens is 1. The number of aryl methyl sites for hydroxylation is 2. The molecule has 0 N–H and O–H groups in total. The summed E-state index contributed by atoms with van der Waals surface area (Å²) in [7, 11) is 0. The van der Waals surface area contributed by atoms with Crippen molar-refractivity contribution in [2.45, 2.75) is 13.8 Å². The molecule has 15 heavy (non-hydrogen) atoms. The van der Waals surface area contributed by atoms with Crippen LogP contribution >= 0.6 is 11.3 Å². The molecule has 2 rings (SSSR count). The molecule has 1 aromatic heterocycles. The maximum Gasteiger partial charge on any atom is 0.161 e. The topological polar surface area (TPSA) is 30.0 Å². The van der Waals surface area contributed by atoms with Gasteiger partial charge in [-0.05, 0) is 25.5 Å². The number of carbonyl (C=O) groups is 1. The molecule has 76 valence electrons. The van der Waals surface area contributed by atoms with E-state index in [4.69, 9.17) is 0 Å². The van der Waals surface area contributed by atoms with Crippen molar-refractivity contribution in [2.24, 2.45) is 0 Å². The minimum Gasteiger partial charge on any atom is -0.297 e. The van der Waals surface area contributed by atoms with Crippen LogP contribution in [0.15, 0.2) is 24.4 Å². The van der Waals surface area contributed by atoms with E-state index in [0.29, 0.717) is 4.88 Å². The number of rotatable bonds is 2. The van der Waals surface area contributed by atoms with Crippen molar-refractivity contribution in [3.63, 3.8) is 0 Å². The average Bonchev–Trinajstić information content (AvgIpc) is 2.70. The van der Waals surface area contributed by atoms with E-state index in [2.05, 4.69) is 37.0 Å². The van der Waals surface area contributed by atoms with Gasteiger partial charge in [-0.2, -0.15) is 0 Å². The van der Waals surface area contributed by atoms with Gasteiger partial charge in [-0.15, -0.1) is 11.3 Å². The van der Waals surface area contributed by atoms with Crippen molar-refractivity contribution < 1.29 is 4.79 Å². The maximum atomic E-state index is 10.6. The van der Waals surface area contributed by atoms with Crippen LogP contribution < -0.4 is 0 Å². The van der Waals surface area contributed by atoms with Gasteiger partial charge in [0.2, 0.25) is 0 Å². The number of thiazole rings is 1. The molecule has 0 atom stereocenters. The Kier molecular flexibility index (Phi) is 2.64. The summed E-state index contributed by atoms with van der Waals surface area (Å²) in [5, 5.41) is 0.915. The van der Waals surface area contributed by atoms with Crippen LogP contribution in [0, 0.1) is 13.8 Å². The molecule has 0 amide bonds. The predicted octanol–water partition coefficient (Wildman–Crippen LogP) is 3.24. The number of benzene rings is 1. The molecule has 0 saturated heterocycles. The van der Waals surface area contributed by atoms with Crippen LogP contribution in [-0.2, 0) is 0 Å². The Morgan fingerprint density at radius 2 is 2.13 bits per heavy atom. The van der Waals surface area contributed by atoms with Crippen LogP contribution in [0.4, 0.5) is 0 Å². The highest BCUT2D eigenvalue weighted by Gasteiger charge is 2.06. The van der Waals surface area contributed by atoms with Crippen LogP contribution in [-0.4, -0.2) is 11.3 Å². The Labute approximate surface area is 92.6 Å². The first-order valence-electron chi connectivity index (χ1n) is 4.69. The number of nitrogens with zero attached hydrogens (tertiary/aromatic N) is 1. The van der Waals surface area contributed by atoms with Gasteiger partial charge in [0.25, 0.3) is 0 Å². The Morgan fingerprint density at radius 3 is 2.80 bits per heavy atom.